The highest BCUT2D eigenvalue weighted by Crippen LogP contribution is 2.28. The lowest BCUT2D eigenvalue weighted by Crippen LogP contribution is -2.47. The summed E-state index contributed by atoms with van der Waals surface area (Å²) in [5.74, 6) is -0.750. The Morgan fingerprint density at radius 2 is 1.43 bits per heavy atom. The molecule has 1 aliphatic rings. The zero-order valence-corrected chi connectivity index (χ0v) is 20.8. The molecule has 1 aliphatic heterocycles. The van der Waals surface area contributed by atoms with Gasteiger partial charge in [0.25, 0.3) is 0 Å². The van der Waals surface area contributed by atoms with Gasteiger partial charge in [0.2, 0.25) is 5.91 Å². The van der Waals surface area contributed by atoms with E-state index in [1.54, 1.807) is 0 Å². The molecule has 2 heterocycles. The van der Waals surface area contributed by atoms with Crippen LogP contribution in [-0.4, -0.2) is 53.5 Å². The molecule has 7 heteroatoms. The molecule has 0 spiro atoms. The summed E-state index contributed by atoms with van der Waals surface area (Å²) in [5, 5.41) is 13.0. The molecule has 0 aliphatic carbocycles. The number of para-hydroxylation sites is 2. The molecular weight excluding hydrogens is 460 g/mol. The topological polar surface area (TPSA) is 85.1 Å². The van der Waals surface area contributed by atoms with Crippen LogP contribution in [-0.2, 0) is 17.8 Å². The van der Waals surface area contributed by atoms with Crippen LogP contribution in [0.1, 0.15) is 22.7 Å². The van der Waals surface area contributed by atoms with Crippen molar-refractivity contribution in [2.24, 2.45) is 0 Å². The quantitative estimate of drug-likeness (QED) is 0.403. The van der Waals surface area contributed by atoms with E-state index >= 15 is 0 Å². The van der Waals surface area contributed by atoms with Crippen molar-refractivity contribution < 1.29 is 4.79 Å². The molecule has 7 nitrogen and oxygen atoms in total. The molecular formula is C30H30N6O. The van der Waals surface area contributed by atoms with Crippen LogP contribution >= 0.6 is 0 Å². The number of nitrogens with zero attached hydrogens (tertiary/aromatic N) is 5. The Kier molecular flexibility index (Phi) is 7.68. The molecule has 1 unspecified atom stereocenters. The maximum Gasteiger partial charge on any atom is 0.243 e. The van der Waals surface area contributed by atoms with Crippen LogP contribution in [0.25, 0.3) is 11.0 Å². The minimum Gasteiger partial charge on any atom is -0.354 e. The Balaban J connectivity index is 1.34. The van der Waals surface area contributed by atoms with Crippen molar-refractivity contribution in [3.05, 3.63) is 102 Å². The molecule has 186 valence electrons. The molecule has 1 saturated heterocycles. The standard InChI is InChI=1S/C30H30N6O/c31-21-25(30(37)32-16-15-23-9-3-1-4-10-23)28-29(34-27-14-8-7-13-26(27)33-28)36-19-17-35(18-20-36)22-24-11-5-2-6-12-24/h1-14,25H,15-20,22H2,(H,32,37). The van der Waals surface area contributed by atoms with Crippen molar-refractivity contribution in [3.63, 3.8) is 0 Å². The second kappa shape index (κ2) is 11.6. The van der Waals surface area contributed by atoms with Gasteiger partial charge < -0.3 is 10.2 Å². The zero-order valence-electron chi connectivity index (χ0n) is 20.8. The number of nitrogens with one attached hydrogen (secondary N) is 1. The van der Waals surface area contributed by atoms with E-state index in [0.29, 0.717) is 30.0 Å². The van der Waals surface area contributed by atoms with Crippen molar-refractivity contribution in [2.45, 2.75) is 18.9 Å². The predicted molar refractivity (Wildman–Crippen MR) is 145 cm³/mol. The molecule has 0 bridgehead atoms. The fraction of sp³-hybridized carbons (Fsp3) is 0.267. The van der Waals surface area contributed by atoms with Gasteiger partial charge in [-0.1, -0.05) is 72.8 Å². The summed E-state index contributed by atoms with van der Waals surface area (Å²) in [6.45, 7) is 4.58. The number of anilines is 1. The zero-order chi connectivity index (χ0) is 25.5. The lowest BCUT2D eigenvalue weighted by molar-refractivity contribution is -0.121. The number of hydrogen-bond acceptors (Lipinski definition) is 6. The fourth-order valence-electron chi connectivity index (χ4n) is 4.71. The molecule has 5 rings (SSSR count). The molecule has 1 aromatic heterocycles. The van der Waals surface area contributed by atoms with E-state index in [1.165, 1.54) is 5.56 Å². The summed E-state index contributed by atoms with van der Waals surface area (Å²) in [7, 11) is 0. The SMILES string of the molecule is N#CC(C(=O)NCCc1ccccc1)c1nc2ccccc2nc1N1CCN(Cc2ccccc2)CC1. The number of rotatable bonds is 8. The lowest BCUT2D eigenvalue weighted by atomic mass is 10.0. The molecule has 4 aromatic rings. The third kappa shape index (κ3) is 5.93. The van der Waals surface area contributed by atoms with Gasteiger partial charge in [-0.15, -0.1) is 0 Å². The highest BCUT2D eigenvalue weighted by atomic mass is 16.1. The molecule has 0 saturated carbocycles. The highest BCUT2D eigenvalue weighted by Gasteiger charge is 2.30. The van der Waals surface area contributed by atoms with Gasteiger partial charge in [-0.05, 0) is 29.7 Å². The lowest BCUT2D eigenvalue weighted by Gasteiger charge is -2.36. The highest BCUT2D eigenvalue weighted by molar-refractivity contribution is 5.88. The number of benzene rings is 3. The van der Waals surface area contributed by atoms with Crippen molar-refractivity contribution in [3.8, 4) is 6.07 Å². The normalized spacial score (nSPS) is 14.7. The summed E-state index contributed by atoms with van der Waals surface area (Å²) in [5.41, 5.74) is 4.29. The van der Waals surface area contributed by atoms with Crippen molar-refractivity contribution in [1.29, 1.82) is 5.26 Å². The number of carbonyl (C=O) groups is 1. The molecule has 1 amide bonds. The van der Waals surface area contributed by atoms with Crippen LogP contribution in [0.15, 0.2) is 84.9 Å². The molecule has 37 heavy (non-hydrogen) atoms. The first-order chi connectivity index (χ1) is 18.2. The number of amides is 1. The summed E-state index contributed by atoms with van der Waals surface area (Å²) >= 11 is 0. The van der Waals surface area contributed by atoms with E-state index in [2.05, 4.69) is 45.5 Å². The first-order valence-corrected chi connectivity index (χ1v) is 12.7. The second-order valence-electron chi connectivity index (χ2n) is 9.26. The third-order valence-corrected chi connectivity index (χ3v) is 6.72. The van der Waals surface area contributed by atoms with Gasteiger partial charge in [-0.25, -0.2) is 9.97 Å². The smallest absolute Gasteiger partial charge is 0.243 e. The minimum atomic E-state index is -1.04. The van der Waals surface area contributed by atoms with E-state index in [0.717, 1.165) is 43.8 Å². The Bertz CT molecular complexity index is 1380. The Morgan fingerprint density at radius 3 is 2.08 bits per heavy atom. The van der Waals surface area contributed by atoms with Gasteiger partial charge in [0.15, 0.2) is 11.7 Å². The summed E-state index contributed by atoms with van der Waals surface area (Å²) < 4.78 is 0. The largest absolute Gasteiger partial charge is 0.354 e. The Labute approximate surface area is 217 Å². The number of aromatic nitrogens is 2. The molecule has 3 aromatic carbocycles. The van der Waals surface area contributed by atoms with Crippen LogP contribution in [0.4, 0.5) is 5.82 Å². The average Bonchev–Trinajstić information content (AvgIpc) is 2.95. The van der Waals surface area contributed by atoms with Gasteiger partial charge in [-0.3, -0.25) is 9.69 Å². The van der Waals surface area contributed by atoms with Crippen LogP contribution in [0.5, 0.6) is 0 Å². The monoisotopic (exact) mass is 490 g/mol. The van der Waals surface area contributed by atoms with Crippen LogP contribution in [0.2, 0.25) is 0 Å². The Hall–Kier alpha value is -4.28. The molecule has 1 atom stereocenters. The van der Waals surface area contributed by atoms with Crippen LogP contribution in [0, 0.1) is 11.3 Å². The van der Waals surface area contributed by atoms with Gasteiger partial charge in [-0.2, -0.15) is 5.26 Å². The maximum atomic E-state index is 13.2. The van der Waals surface area contributed by atoms with Crippen molar-refractivity contribution in [1.82, 2.24) is 20.2 Å². The second-order valence-corrected chi connectivity index (χ2v) is 9.26. The van der Waals surface area contributed by atoms with Gasteiger partial charge in [0.1, 0.15) is 5.69 Å². The summed E-state index contributed by atoms with van der Waals surface area (Å²) in [6.07, 6.45) is 0.699. The van der Waals surface area contributed by atoms with E-state index in [9.17, 15) is 10.1 Å². The first kappa shape index (κ1) is 24.4. The average molecular weight is 491 g/mol. The molecule has 1 fully saturated rings. The number of piperazine rings is 1. The van der Waals surface area contributed by atoms with Crippen LogP contribution < -0.4 is 10.2 Å². The van der Waals surface area contributed by atoms with Gasteiger partial charge in [0.05, 0.1) is 17.1 Å². The minimum absolute atomic E-state index is 0.341. The number of fused-ring (bicyclic) bond motifs is 1. The maximum absolute atomic E-state index is 13.2. The fourth-order valence-corrected chi connectivity index (χ4v) is 4.71. The molecule has 0 radical (unpaired) electrons. The third-order valence-electron chi connectivity index (χ3n) is 6.72. The van der Waals surface area contributed by atoms with E-state index in [1.807, 2.05) is 60.7 Å². The predicted octanol–water partition coefficient (Wildman–Crippen LogP) is 3.92. The van der Waals surface area contributed by atoms with Crippen molar-refractivity contribution >= 4 is 22.8 Å². The Morgan fingerprint density at radius 1 is 0.838 bits per heavy atom. The summed E-state index contributed by atoms with van der Waals surface area (Å²) in [4.78, 5) is 27.4. The van der Waals surface area contributed by atoms with Crippen LogP contribution in [0.3, 0.4) is 0 Å². The number of hydrogen-bond donors (Lipinski definition) is 1. The number of nitriles is 1. The van der Waals surface area contributed by atoms with E-state index in [4.69, 9.17) is 9.97 Å². The van der Waals surface area contributed by atoms with Gasteiger partial charge in [0, 0.05) is 39.3 Å². The number of carbonyl (C=O) groups excluding carboxylic acids is 1. The van der Waals surface area contributed by atoms with E-state index < -0.39 is 5.92 Å². The van der Waals surface area contributed by atoms with Crippen molar-refractivity contribution in [2.75, 3.05) is 37.6 Å². The molecule has 1 N–H and O–H groups in total. The summed E-state index contributed by atoms with van der Waals surface area (Å²) in [6, 6.07) is 30.2. The van der Waals surface area contributed by atoms with E-state index in [-0.39, 0.29) is 5.91 Å². The van der Waals surface area contributed by atoms with Gasteiger partial charge >= 0.3 is 0 Å². The first-order valence-electron chi connectivity index (χ1n) is 12.7.